The topological polar surface area (TPSA) is 98.5 Å². The molecule has 0 aliphatic heterocycles. The van der Waals surface area contributed by atoms with Gasteiger partial charge in [-0.1, -0.05) is 47.5 Å². The molecule has 0 fully saturated rings. The van der Waals surface area contributed by atoms with Gasteiger partial charge in [-0.15, -0.1) is 0 Å². The molecular formula is C21H18Cl2N2O4S. The number of anilines is 1. The van der Waals surface area contributed by atoms with Gasteiger partial charge in [0, 0.05) is 15.7 Å². The molecule has 3 N–H and O–H groups in total. The fourth-order valence-corrected chi connectivity index (χ4v) is 3.81. The van der Waals surface area contributed by atoms with Crippen LogP contribution in [0.1, 0.15) is 11.1 Å². The minimum absolute atomic E-state index is 0.0290. The quantitative estimate of drug-likeness (QED) is 0.540. The van der Waals surface area contributed by atoms with Crippen LogP contribution in [0, 0.1) is 6.92 Å². The predicted molar refractivity (Wildman–Crippen MR) is 118 cm³/mol. The largest absolute Gasteiger partial charge is 0.456 e. The molecule has 0 radical (unpaired) electrons. The second kappa shape index (κ2) is 9.06. The molecule has 0 spiro atoms. The first-order valence-electron chi connectivity index (χ1n) is 8.77. The van der Waals surface area contributed by atoms with E-state index in [1.165, 1.54) is 12.1 Å². The summed E-state index contributed by atoms with van der Waals surface area (Å²) in [5.41, 5.74) is 1.54. The van der Waals surface area contributed by atoms with Crippen LogP contribution >= 0.6 is 23.2 Å². The maximum Gasteiger partial charge on any atom is 0.241 e. The Balaban J connectivity index is 1.91. The van der Waals surface area contributed by atoms with E-state index in [0.717, 1.165) is 0 Å². The summed E-state index contributed by atoms with van der Waals surface area (Å²) < 4.78 is 30.0. The monoisotopic (exact) mass is 464 g/mol. The number of ether oxygens (including phenoxy) is 1. The minimum Gasteiger partial charge on any atom is -0.456 e. The van der Waals surface area contributed by atoms with Crippen LogP contribution in [-0.2, 0) is 21.2 Å². The Morgan fingerprint density at radius 1 is 1.07 bits per heavy atom. The van der Waals surface area contributed by atoms with E-state index in [9.17, 15) is 13.2 Å². The van der Waals surface area contributed by atoms with Crippen LogP contribution in [-0.4, -0.2) is 14.3 Å². The second-order valence-electron chi connectivity index (χ2n) is 6.53. The number of halogens is 2. The summed E-state index contributed by atoms with van der Waals surface area (Å²) in [5, 5.41) is 8.98. The number of hydrogen-bond donors (Lipinski definition) is 2. The van der Waals surface area contributed by atoms with E-state index in [1.807, 2.05) is 0 Å². The van der Waals surface area contributed by atoms with Crippen molar-refractivity contribution in [2.24, 2.45) is 5.14 Å². The van der Waals surface area contributed by atoms with Gasteiger partial charge in [0.1, 0.15) is 16.4 Å². The first-order chi connectivity index (χ1) is 14.1. The van der Waals surface area contributed by atoms with Gasteiger partial charge < -0.3 is 10.1 Å². The molecule has 1 amide bonds. The van der Waals surface area contributed by atoms with Crippen molar-refractivity contribution in [3.8, 4) is 11.5 Å². The number of rotatable bonds is 6. The van der Waals surface area contributed by atoms with Crippen LogP contribution in [0.3, 0.4) is 0 Å². The Kier molecular flexibility index (Phi) is 6.67. The summed E-state index contributed by atoms with van der Waals surface area (Å²) in [4.78, 5) is 12.2. The van der Waals surface area contributed by atoms with Gasteiger partial charge >= 0.3 is 0 Å². The highest BCUT2D eigenvalue weighted by atomic mass is 35.5. The molecule has 6 nitrogen and oxygen atoms in total. The zero-order chi connectivity index (χ0) is 21.9. The number of carbonyl (C=O) groups excluding carboxylic acids is 1. The molecule has 0 aromatic heterocycles. The number of sulfonamides is 1. The Morgan fingerprint density at radius 2 is 1.80 bits per heavy atom. The Hall–Kier alpha value is -2.58. The second-order valence-corrected chi connectivity index (χ2v) is 8.91. The zero-order valence-corrected chi connectivity index (χ0v) is 18.2. The molecule has 0 aliphatic carbocycles. The Morgan fingerprint density at radius 3 is 2.47 bits per heavy atom. The summed E-state index contributed by atoms with van der Waals surface area (Å²) in [6.45, 7) is 1.71. The minimum atomic E-state index is -4.13. The molecule has 0 bridgehead atoms. The molecule has 9 heteroatoms. The SMILES string of the molecule is Cc1cc(Oc2cccc(Cl)c2)c(S(N)(=O)=O)cc1NC(=O)Cc1ccccc1Cl. The van der Waals surface area contributed by atoms with E-state index >= 15 is 0 Å². The molecule has 0 aliphatic rings. The van der Waals surface area contributed by atoms with Crippen molar-refractivity contribution in [1.29, 1.82) is 0 Å². The summed E-state index contributed by atoms with van der Waals surface area (Å²) in [6, 6.07) is 16.3. The van der Waals surface area contributed by atoms with Crippen molar-refractivity contribution in [2.45, 2.75) is 18.2 Å². The van der Waals surface area contributed by atoms with Crippen molar-refractivity contribution in [3.63, 3.8) is 0 Å². The van der Waals surface area contributed by atoms with Gasteiger partial charge in [0.05, 0.1) is 6.42 Å². The van der Waals surface area contributed by atoms with Crippen LogP contribution < -0.4 is 15.2 Å². The van der Waals surface area contributed by atoms with Crippen LogP contribution in [0.5, 0.6) is 11.5 Å². The van der Waals surface area contributed by atoms with E-state index < -0.39 is 10.0 Å². The molecule has 30 heavy (non-hydrogen) atoms. The lowest BCUT2D eigenvalue weighted by molar-refractivity contribution is -0.115. The molecule has 0 heterocycles. The number of primary sulfonamides is 1. The van der Waals surface area contributed by atoms with Crippen molar-refractivity contribution < 1.29 is 17.9 Å². The van der Waals surface area contributed by atoms with Crippen molar-refractivity contribution >= 4 is 44.8 Å². The van der Waals surface area contributed by atoms with Gasteiger partial charge in [0.2, 0.25) is 15.9 Å². The van der Waals surface area contributed by atoms with E-state index in [4.69, 9.17) is 33.1 Å². The molecule has 156 valence electrons. The number of benzene rings is 3. The van der Waals surface area contributed by atoms with Gasteiger partial charge in [-0.3, -0.25) is 4.79 Å². The van der Waals surface area contributed by atoms with Crippen molar-refractivity contribution in [3.05, 3.63) is 81.8 Å². The highest BCUT2D eigenvalue weighted by molar-refractivity contribution is 7.89. The molecule has 0 atom stereocenters. The summed E-state index contributed by atoms with van der Waals surface area (Å²) >= 11 is 12.0. The number of amides is 1. The number of carbonyl (C=O) groups is 1. The van der Waals surface area contributed by atoms with Gasteiger partial charge in [-0.25, -0.2) is 13.6 Å². The highest BCUT2D eigenvalue weighted by Crippen LogP contribution is 2.34. The smallest absolute Gasteiger partial charge is 0.241 e. The van der Waals surface area contributed by atoms with E-state index in [-0.39, 0.29) is 23.0 Å². The lowest BCUT2D eigenvalue weighted by Gasteiger charge is -2.15. The van der Waals surface area contributed by atoms with Crippen molar-refractivity contribution in [1.82, 2.24) is 0 Å². The molecule has 3 rings (SSSR count). The van der Waals surface area contributed by atoms with Crippen LogP contribution in [0.15, 0.2) is 65.6 Å². The third-order valence-electron chi connectivity index (χ3n) is 4.20. The van der Waals surface area contributed by atoms with Crippen LogP contribution in [0.25, 0.3) is 0 Å². The molecule has 0 unspecified atom stereocenters. The standard InChI is InChI=1S/C21H18Cl2N2O4S/c1-13-9-19(29-16-7-4-6-15(22)11-16)20(30(24,27)28)12-18(13)25-21(26)10-14-5-2-3-8-17(14)23/h2-9,11-12H,10H2,1H3,(H,25,26)(H2,24,27,28). The number of hydrogen-bond acceptors (Lipinski definition) is 4. The summed E-state index contributed by atoms with van der Waals surface area (Å²) in [6.07, 6.45) is 0.0323. The van der Waals surface area contributed by atoms with Gasteiger partial charge in [-0.2, -0.15) is 0 Å². The lowest BCUT2D eigenvalue weighted by Crippen LogP contribution is -2.18. The third kappa shape index (κ3) is 5.52. The Bertz CT molecular complexity index is 1210. The zero-order valence-electron chi connectivity index (χ0n) is 15.9. The molecular weight excluding hydrogens is 447 g/mol. The summed E-state index contributed by atoms with van der Waals surface area (Å²) in [5.74, 6) is 0.0266. The Labute approximate surface area is 184 Å². The first-order valence-corrected chi connectivity index (χ1v) is 11.1. The first kappa shape index (κ1) is 22.1. The van der Waals surface area contributed by atoms with E-state index in [0.29, 0.717) is 32.6 Å². The number of nitrogens with one attached hydrogen (secondary N) is 1. The normalized spacial score (nSPS) is 11.2. The highest BCUT2D eigenvalue weighted by Gasteiger charge is 2.20. The maximum absolute atomic E-state index is 12.5. The number of aryl methyl sites for hydroxylation is 1. The van der Waals surface area contributed by atoms with Crippen LogP contribution in [0.2, 0.25) is 10.0 Å². The van der Waals surface area contributed by atoms with Crippen LogP contribution in [0.4, 0.5) is 5.69 Å². The molecule has 3 aromatic rings. The predicted octanol–water partition coefficient (Wildman–Crippen LogP) is 4.92. The average Bonchev–Trinajstić information content (AvgIpc) is 2.65. The van der Waals surface area contributed by atoms with E-state index in [2.05, 4.69) is 5.32 Å². The summed E-state index contributed by atoms with van der Waals surface area (Å²) in [7, 11) is -4.13. The maximum atomic E-state index is 12.5. The van der Waals surface area contributed by atoms with Gasteiger partial charge in [-0.05, 0) is 54.4 Å². The lowest BCUT2D eigenvalue weighted by atomic mass is 10.1. The molecule has 0 saturated carbocycles. The van der Waals surface area contributed by atoms with E-state index in [1.54, 1.807) is 55.5 Å². The fraction of sp³-hybridized carbons (Fsp3) is 0.0952. The van der Waals surface area contributed by atoms with Gasteiger partial charge in [0.25, 0.3) is 0 Å². The molecule has 3 aromatic carbocycles. The number of nitrogens with two attached hydrogens (primary N) is 1. The van der Waals surface area contributed by atoms with Crippen molar-refractivity contribution in [2.75, 3.05) is 5.32 Å². The molecule has 0 saturated heterocycles. The van der Waals surface area contributed by atoms with Gasteiger partial charge in [0.15, 0.2) is 0 Å². The fourth-order valence-electron chi connectivity index (χ4n) is 2.76. The average molecular weight is 465 g/mol. The third-order valence-corrected chi connectivity index (χ3v) is 5.74.